The Kier molecular flexibility index (Phi) is 6.08. The fourth-order valence-electron chi connectivity index (χ4n) is 1.56. The van der Waals surface area contributed by atoms with Crippen molar-refractivity contribution in [3.05, 3.63) is 34.9 Å². The van der Waals surface area contributed by atoms with Crippen molar-refractivity contribution in [1.29, 1.82) is 0 Å². The lowest BCUT2D eigenvalue weighted by Gasteiger charge is -2.14. The summed E-state index contributed by atoms with van der Waals surface area (Å²) >= 11 is 5.92. The second kappa shape index (κ2) is 7.09. The average molecular weight is 291 g/mol. The molecule has 0 fully saturated rings. The third kappa shape index (κ3) is 6.35. The average Bonchev–Trinajstić information content (AvgIpc) is 2.26. The quantitative estimate of drug-likeness (QED) is 0.755. The van der Waals surface area contributed by atoms with Crippen LogP contribution in [0.3, 0.4) is 0 Å². The molecule has 0 bridgehead atoms. The van der Waals surface area contributed by atoms with Gasteiger partial charge in [-0.25, -0.2) is 13.1 Å². The van der Waals surface area contributed by atoms with Gasteiger partial charge in [0, 0.05) is 17.6 Å². The van der Waals surface area contributed by atoms with Crippen molar-refractivity contribution < 1.29 is 8.42 Å². The standard InChI is InChI=1S/C12H19ClN2O2S/c1-10(11-5-3-6-12(13)9-11)14-7-4-8-15-18(2,16)17/h3,5-6,9-10,14-15H,4,7-8H2,1-2H3. The Balaban J connectivity index is 2.27. The summed E-state index contributed by atoms with van der Waals surface area (Å²) in [6.07, 6.45) is 1.91. The van der Waals surface area contributed by atoms with Crippen LogP contribution in [0.1, 0.15) is 24.9 Å². The molecule has 0 aromatic heterocycles. The van der Waals surface area contributed by atoms with Gasteiger partial charge in [0.1, 0.15) is 0 Å². The summed E-state index contributed by atoms with van der Waals surface area (Å²) < 4.78 is 24.1. The zero-order valence-electron chi connectivity index (χ0n) is 10.6. The molecule has 0 saturated carbocycles. The van der Waals surface area contributed by atoms with Gasteiger partial charge in [0.15, 0.2) is 0 Å². The summed E-state index contributed by atoms with van der Waals surface area (Å²) in [6, 6.07) is 7.89. The maximum absolute atomic E-state index is 10.8. The lowest BCUT2D eigenvalue weighted by molar-refractivity contribution is 0.548. The predicted molar refractivity (Wildman–Crippen MR) is 75.3 cm³/mol. The van der Waals surface area contributed by atoms with Crippen LogP contribution in [0.5, 0.6) is 0 Å². The molecule has 0 aliphatic heterocycles. The first-order valence-electron chi connectivity index (χ1n) is 5.82. The Bertz CT molecular complexity index is 477. The molecule has 2 N–H and O–H groups in total. The van der Waals surface area contributed by atoms with E-state index in [0.717, 1.165) is 29.8 Å². The van der Waals surface area contributed by atoms with E-state index in [1.54, 1.807) is 0 Å². The molecule has 1 rings (SSSR count). The van der Waals surface area contributed by atoms with Crippen LogP contribution in [0, 0.1) is 0 Å². The minimum atomic E-state index is -3.08. The monoisotopic (exact) mass is 290 g/mol. The van der Waals surface area contributed by atoms with Gasteiger partial charge >= 0.3 is 0 Å². The lowest BCUT2D eigenvalue weighted by Crippen LogP contribution is -2.27. The van der Waals surface area contributed by atoms with Crippen molar-refractivity contribution in [3.8, 4) is 0 Å². The highest BCUT2D eigenvalue weighted by molar-refractivity contribution is 7.88. The number of benzene rings is 1. The summed E-state index contributed by atoms with van der Waals surface area (Å²) in [4.78, 5) is 0. The molecule has 102 valence electrons. The van der Waals surface area contributed by atoms with Gasteiger partial charge in [0.25, 0.3) is 0 Å². The maximum Gasteiger partial charge on any atom is 0.208 e. The maximum atomic E-state index is 10.8. The predicted octanol–water partition coefficient (Wildman–Crippen LogP) is 1.93. The first-order chi connectivity index (χ1) is 8.38. The molecule has 4 nitrogen and oxygen atoms in total. The SMILES string of the molecule is CC(NCCCNS(C)(=O)=O)c1cccc(Cl)c1. The topological polar surface area (TPSA) is 58.2 Å². The fraction of sp³-hybridized carbons (Fsp3) is 0.500. The number of sulfonamides is 1. The van der Waals surface area contributed by atoms with E-state index in [1.807, 2.05) is 24.3 Å². The Hall–Kier alpha value is -0.620. The van der Waals surface area contributed by atoms with Crippen LogP contribution in [0.2, 0.25) is 5.02 Å². The van der Waals surface area contributed by atoms with Gasteiger partial charge in [-0.1, -0.05) is 23.7 Å². The molecule has 0 spiro atoms. The van der Waals surface area contributed by atoms with Gasteiger partial charge in [-0.15, -0.1) is 0 Å². The summed E-state index contributed by atoms with van der Waals surface area (Å²) in [5, 5.41) is 4.04. The normalized spacial score (nSPS) is 13.5. The van der Waals surface area contributed by atoms with Gasteiger partial charge < -0.3 is 5.32 Å². The van der Waals surface area contributed by atoms with Crippen molar-refractivity contribution in [1.82, 2.24) is 10.0 Å². The molecule has 0 heterocycles. The summed E-state index contributed by atoms with van der Waals surface area (Å²) in [6.45, 7) is 3.25. The number of nitrogens with one attached hydrogen (secondary N) is 2. The molecule has 0 aliphatic rings. The van der Waals surface area contributed by atoms with Crippen molar-refractivity contribution in [2.24, 2.45) is 0 Å². The van der Waals surface area contributed by atoms with Crippen molar-refractivity contribution >= 4 is 21.6 Å². The lowest BCUT2D eigenvalue weighted by atomic mass is 10.1. The smallest absolute Gasteiger partial charge is 0.208 e. The highest BCUT2D eigenvalue weighted by Crippen LogP contribution is 2.16. The van der Waals surface area contributed by atoms with Gasteiger partial charge in [0.05, 0.1) is 6.26 Å². The van der Waals surface area contributed by atoms with Crippen LogP contribution < -0.4 is 10.0 Å². The molecule has 0 radical (unpaired) electrons. The Labute approximate surface area is 114 Å². The highest BCUT2D eigenvalue weighted by Gasteiger charge is 2.05. The molecule has 1 atom stereocenters. The van der Waals surface area contributed by atoms with Crippen LogP contribution >= 0.6 is 11.6 Å². The Morgan fingerprint density at radius 1 is 1.33 bits per heavy atom. The Morgan fingerprint density at radius 2 is 2.06 bits per heavy atom. The molecule has 0 aliphatic carbocycles. The zero-order valence-corrected chi connectivity index (χ0v) is 12.2. The first-order valence-corrected chi connectivity index (χ1v) is 8.09. The fourth-order valence-corrected chi connectivity index (χ4v) is 2.27. The van der Waals surface area contributed by atoms with E-state index in [0.29, 0.717) is 6.54 Å². The Morgan fingerprint density at radius 3 is 2.67 bits per heavy atom. The second-order valence-corrected chi connectivity index (χ2v) is 6.52. The number of halogens is 1. The minimum Gasteiger partial charge on any atom is -0.310 e. The molecule has 1 aromatic carbocycles. The van der Waals surface area contributed by atoms with E-state index in [1.165, 1.54) is 0 Å². The van der Waals surface area contributed by atoms with Gasteiger partial charge in [-0.3, -0.25) is 0 Å². The third-order valence-electron chi connectivity index (χ3n) is 2.52. The van der Waals surface area contributed by atoms with E-state index in [4.69, 9.17) is 11.6 Å². The number of hydrogen-bond donors (Lipinski definition) is 2. The van der Waals surface area contributed by atoms with Crippen LogP contribution in [-0.2, 0) is 10.0 Å². The van der Waals surface area contributed by atoms with Crippen LogP contribution in [0.4, 0.5) is 0 Å². The van der Waals surface area contributed by atoms with E-state index < -0.39 is 10.0 Å². The summed E-state index contributed by atoms with van der Waals surface area (Å²) in [7, 11) is -3.08. The van der Waals surface area contributed by atoms with Gasteiger partial charge in [-0.05, 0) is 37.6 Å². The molecular formula is C12H19ClN2O2S. The van der Waals surface area contributed by atoms with E-state index >= 15 is 0 Å². The number of rotatable bonds is 7. The van der Waals surface area contributed by atoms with Crippen LogP contribution in [-0.4, -0.2) is 27.8 Å². The highest BCUT2D eigenvalue weighted by atomic mass is 35.5. The molecule has 6 heteroatoms. The molecule has 1 aromatic rings. The van der Waals surface area contributed by atoms with Crippen molar-refractivity contribution in [2.45, 2.75) is 19.4 Å². The van der Waals surface area contributed by atoms with Crippen LogP contribution in [0.25, 0.3) is 0 Å². The molecule has 0 amide bonds. The largest absolute Gasteiger partial charge is 0.310 e. The molecular weight excluding hydrogens is 272 g/mol. The van der Waals surface area contributed by atoms with E-state index in [9.17, 15) is 8.42 Å². The van der Waals surface area contributed by atoms with Gasteiger partial charge in [0.2, 0.25) is 10.0 Å². The molecule has 18 heavy (non-hydrogen) atoms. The summed E-state index contributed by atoms with van der Waals surface area (Å²) in [5.41, 5.74) is 1.12. The van der Waals surface area contributed by atoms with Crippen molar-refractivity contribution in [2.75, 3.05) is 19.3 Å². The minimum absolute atomic E-state index is 0.196. The number of hydrogen-bond acceptors (Lipinski definition) is 3. The second-order valence-electron chi connectivity index (χ2n) is 4.25. The molecule has 0 saturated heterocycles. The summed E-state index contributed by atoms with van der Waals surface area (Å²) in [5.74, 6) is 0. The van der Waals surface area contributed by atoms with E-state index in [-0.39, 0.29) is 6.04 Å². The van der Waals surface area contributed by atoms with Crippen molar-refractivity contribution in [3.63, 3.8) is 0 Å². The third-order valence-corrected chi connectivity index (χ3v) is 3.48. The van der Waals surface area contributed by atoms with Gasteiger partial charge in [-0.2, -0.15) is 0 Å². The zero-order chi connectivity index (χ0) is 13.6. The molecule has 1 unspecified atom stereocenters. The van der Waals surface area contributed by atoms with Crippen LogP contribution in [0.15, 0.2) is 24.3 Å². The van der Waals surface area contributed by atoms with E-state index in [2.05, 4.69) is 17.0 Å². The first kappa shape index (κ1) is 15.4.